The van der Waals surface area contributed by atoms with E-state index in [1.165, 1.54) is 12.1 Å². The third-order valence-electron chi connectivity index (χ3n) is 3.41. The molecule has 1 rings (SSSR count). The van der Waals surface area contributed by atoms with Crippen LogP contribution in [-0.2, 0) is 13.1 Å². The molecule has 0 unspecified atom stereocenters. The fourth-order valence-electron chi connectivity index (χ4n) is 2.43. The normalized spacial score (nSPS) is 12.4. The number of aromatic nitrogens is 2. The Balaban J connectivity index is 2.77. The van der Waals surface area contributed by atoms with Crippen LogP contribution in [0.25, 0.3) is 0 Å². The Kier molecular flexibility index (Phi) is 6.01. The van der Waals surface area contributed by atoms with Crippen molar-refractivity contribution in [2.24, 2.45) is 11.1 Å². The van der Waals surface area contributed by atoms with E-state index in [0.29, 0.717) is 0 Å². The zero-order valence-electron chi connectivity index (χ0n) is 13.2. The molecule has 0 aliphatic rings. The Morgan fingerprint density at radius 3 is 2.58 bits per heavy atom. The number of aryl methyl sites for hydroxylation is 2. The van der Waals surface area contributed by atoms with E-state index in [2.05, 4.69) is 55.4 Å². The van der Waals surface area contributed by atoms with Gasteiger partial charge in [-0.15, -0.1) is 0 Å². The van der Waals surface area contributed by atoms with Crippen molar-refractivity contribution >= 4 is 0 Å². The quantitative estimate of drug-likeness (QED) is 0.786. The molecule has 19 heavy (non-hydrogen) atoms. The Morgan fingerprint density at radius 2 is 2.05 bits per heavy atom. The van der Waals surface area contributed by atoms with Gasteiger partial charge in [0.15, 0.2) is 0 Å². The minimum atomic E-state index is 0.168. The predicted molar refractivity (Wildman–Crippen MR) is 81.0 cm³/mol. The van der Waals surface area contributed by atoms with Crippen molar-refractivity contribution in [2.75, 3.05) is 19.6 Å². The van der Waals surface area contributed by atoms with Crippen LogP contribution in [0.5, 0.6) is 0 Å². The van der Waals surface area contributed by atoms with Crippen LogP contribution in [0, 0.1) is 12.3 Å². The Bertz CT molecular complexity index is 381. The molecule has 0 aromatic carbocycles. The Labute approximate surface area is 118 Å². The van der Waals surface area contributed by atoms with E-state index in [1.807, 2.05) is 0 Å². The lowest BCUT2D eigenvalue weighted by molar-refractivity contribution is 0.172. The summed E-state index contributed by atoms with van der Waals surface area (Å²) in [5, 5.41) is 4.52. The summed E-state index contributed by atoms with van der Waals surface area (Å²) in [4.78, 5) is 2.50. The van der Waals surface area contributed by atoms with Crippen molar-refractivity contribution in [1.29, 1.82) is 0 Å². The smallest absolute Gasteiger partial charge is 0.0597 e. The average molecular weight is 266 g/mol. The lowest BCUT2D eigenvalue weighted by atomic mass is 9.93. The lowest BCUT2D eigenvalue weighted by Crippen LogP contribution is -2.39. The first-order valence-corrected chi connectivity index (χ1v) is 7.37. The molecule has 0 aliphatic heterocycles. The second kappa shape index (κ2) is 7.06. The largest absolute Gasteiger partial charge is 0.330 e. The van der Waals surface area contributed by atoms with Crippen molar-refractivity contribution in [3.8, 4) is 0 Å². The van der Waals surface area contributed by atoms with Gasteiger partial charge in [-0.3, -0.25) is 9.58 Å². The summed E-state index contributed by atoms with van der Waals surface area (Å²) in [6, 6.07) is 2.20. The van der Waals surface area contributed by atoms with Gasteiger partial charge < -0.3 is 5.73 Å². The highest BCUT2D eigenvalue weighted by Crippen LogP contribution is 2.17. The molecule has 4 nitrogen and oxygen atoms in total. The number of nitrogens with two attached hydrogens (primary N) is 1. The van der Waals surface area contributed by atoms with Gasteiger partial charge in [0.25, 0.3) is 0 Å². The molecule has 4 heteroatoms. The van der Waals surface area contributed by atoms with Gasteiger partial charge in [0, 0.05) is 19.6 Å². The summed E-state index contributed by atoms with van der Waals surface area (Å²) in [5.74, 6) is 0. The molecule has 110 valence electrons. The fraction of sp³-hybridized carbons (Fsp3) is 0.800. The van der Waals surface area contributed by atoms with E-state index < -0.39 is 0 Å². The topological polar surface area (TPSA) is 47.1 Å². The summed E-state index contributed by atoms with van der Waals surface area (Å²) in [5.41, 5.74) is 8.44. The van der Waals surface area contributed by atoms with Crippen LogP contribution in [0.3, 0.4) is 0 Å². The van der Waals surface area contributed by atoms with Crippen LogP contribution in [0.2, 0.25) is 0 Å². The first-order valence-electron chi connectivity index (χ1n) is 7.37. The highest BCUT2D eigenvalue weighted by atomic mass is 15.3. The zero-order chi connectivity index (χ0) is 14.5. The first kappa shape index (κ1) is 16.2. The second-order valence-electron chi connectivity index (χ2n) is 6.17. The molecule has 0 bridgehead atoms. The molecule has 2 N–H and O–H groups in total. The monoisotopic (exact) mass is 266 g/mol. The molecule has 0 fully saturated rings. The molecule has 0 spiro atoms. The van der Waals surface area contributed by atoms with Gasteiger partial charge >= 0.3 is 0 Å². The van der Waals surface area contributed by atoms with E-state index in [4.69, 9.17) is 5.73 Å². The van der Waals surface area contributed by atoms with Gasteiger partial charge in [-0.1, -0.05) is 20.8 Å². The van der Waals surface area contributed by atoms with Gasteiger partial charge in [0.05, 0.1) is 11.4 Å². The molecule has 0 radical (unpaired) electrons. The van der Waals surface area contributed by atoms with Crippen molar-refractivity contribution in [1.82, 2.24) is 14.7 Å². The Hall–Kier alpha value is -0.870. The van der Waals surface area contributed by atoms with E-state index in [9.17, 15) is 0 Å². The highest BCUT2D eigenvalue weighted by molar-refractivity contribution is 5.09. The van der Waals surface area contributed by atoms with Gasteiger partial charge in [-0.2, -0.15) is 5.10 Å². The summed E-state index contributed by atoms with van der Waals surface area (Å²) in [6.45, 7) is 15.7. The number of nitrogens with zero attached hydrogens (tertiary/aromatic N) is 3. The lowest BCUT2D eigenvalue weighted by Gasteiger charge is -2.31. The molecule has 1 aromatic heterocycles. The van der Waals surface area contributed by atoms with Crippen LogP contribution < -0.4 is 5.73 Å². The molecule has 0 atom stereocenters. The third-order valence-corrected chi connectivity index (χ3v) is 3.41. The van der Waals surface area contributed by atoms with Gasteiger partial charge in [-0.25, -0.2) is 0 Å². The van der Waals surface area contributed by atoms with Gasteiger partial charge in [-0.05, 0) is 44.8 Å². The van der Waals surface area contributed by atoms with Crippen LogP contribution in [0.4, 0.5) is 0 Å². The average Bonchev–Trinajstić information content (AvgIpc) is 2.69. The zero-order valence-corrected chi connectivity index (χ0v) is 13.2. The molecule has 1 aromatic rings. The predicted octanol–water partition coefficient (Wildman–Crippen LogP) is 2.41. The maximum atomic E-state index is 5.86. The minimum absolute atomic E-state index is 0.168. The summed E-state index contributed by atoms with van der Waals surface area (Å²) in [7, 11) is 0. The Morgan fingerprint density at radius 1 is 1.37 bits per heavy atom. The van der Waals surface area contributed by atoms with Crippen LogP contribution in [0.15, 0.2) is 6.07 Å². The molecule has 0 amide bonds. The van der Waals surface area contributed by atoms with Crippen molar-refractivity contribution < 1.29 is 0 Å². The maximum absolute atomic E-state index is 5.86. The maximum Gasteiger partial charge on any atom is 0.0597 e. The first-order chi connectivity index (χ1) is 8.91. The minimum Gasteiger partial charge on any atom is -0.330 e. The number of hydrogen-bond donors (Lipinski definition) is 1. The van der Waals surface area contributed by atoms with E-state index >= 15 is 0 Å². The van der Waals surface area contributed by atoms with Gasteiger partial charge in [0.1, 0.15) is 0 Å². The summed E-state index contributed by atoms with van der Waals surface area (Å²) >= 11 is 0. The number of rotatable bonds is 8. The van der Waals surface area contributed by atoms with Crippen LogP contribution >= 0.6 is 0 Å². The molecular weight excluding hydrogens is 236 g/mol. The fourth-order valence-corrected chi connectivity index (χ4v) is 2.43. The summed E-state index contributed by atoms with van der Waals surface area (Å²) < 4.78 is 2.10. The molecule has 0 saturated carbocycles. The van der Waals surface area contributed by atoms with E-state index in [-0.39, 0.29) is 5.41 Å². The molecule has 0 saturated heterocycles. The molecule has 0 aliphatic carbocycles. The molecular formula is C15H30N4. The van der Waals surface area contributed by atoms with Gasteiger partial charge in [0.2, 0.25) is 0 Å². The highest BCUT2D eigenvalue weighted by Gasteiger charge is 2.20. The van der Waals surface area contributed by atoms with Crippen molar-refractivity contribution in [3.05, 3.63) is 17.5 Å². The summed E-state index contributed by atoms with van der Waals surface area (Å²) in [6.07, 6.45) is 1.17. The van der Waals surface area contributed by atoms with E-state index in [1.54, 1.807) is 0 Å². The van der Waals surface area contributed by atoms with Crippen molar-refractivity contribution in [2.45, 2.75) is 54.1 Å². The van der Waals surface area contributed by atoms with Crippen molar-refractivity contribution in [3.63, 3.8) is 0 Å². The van der Waals surface area contributed by atoms with Crippen LogP contribution in [-0.4, -0.2) is 34.3 Å². The standard InChI is InChI=1S/C15H30N4/c1-6-8-18(12-15(4,5)11-16)10-14-9-13(3)17-19(14)7-2/h9H,6-8,10-12,16H2,1-5H3. The number of hydrogen-bond acceptors (Lipinski definition) is 3. The molecule has 1 heterocycles. The van der Waals surface area contributed by atoms with Crippen LogP contribution in [0.1, 0.15) is 45.5 Å². The third kappa shape index (κ3) is 4.96. The SMILES string of the molecule is CCCN(Cc1cc(C)nn1CC)CC(C)(C)CN. The second-order valence-corrected chi connectivity index (χ2v) is 6.17. The van der Waals surface area contributed by atoms with E-state index in [0.717, 1.165) is 38.4 Å².